The van der Waals surface area contributed by atoms with E-state index in [0.717, 1.165) is 5.56 Å². The van der Waals surface area contributed by atoms with Crippen molar-refractivity contribution in [3.8, 4) is 0 Å². The van der Waals surface area contributed by atoms with Gasteiger partial charge in [0.25, 0.3) is 0 Å². The van der Waals surface area contributed by atoms with Gasteiger partial charge in [-0.2, -0.15) is 18.3 Å². The Labute approximate surface area is 132 Å². The number of nitrogens with zero attached hydrogens (tertiary/aromatic N) is 2. The van der Waals surface area contributed by atoms with Crippen LogP contribution in [0.5, 0.6) is 0 Å². The van der Waals surface area contributed by atoms with E-state index in [-0.39, 0.29) is 12.1 Å². The molecule has 23 heavy (non-hydrogen) atoms. The van der Waals surface area contributed by atoms with Crippen molar-refractivity contribution >= 4 is 0 Å². The molecule has 0 fully saturated rings. The molecule has 1 aromatic carbocycles. The van der Waals surface area contributed by atoms with Gasteiger partial charge in [-0.05, 0) is 44.0 Å². The van der Waals surface area contributed by atoms with Crippen LogP contribution in [0, 0.1) is 26.6 Å². The van der Waals surface area contributed by atoms with E-state index >= 15 is 0 Å². The maximum Gasteiger partial charge on any atom is 0.408 e. The summed E-state index contributed by atoms with van der Waals surface area (Å²) in [5.41, 5.74) is 2.14. The quantitative estimate of drug-likeness (QED) is 0.863. The predicted molar refractivity (Wildman–Crippen MR) is 79.5 cm³/mol. The second-order valence-corrected chi connectivity index (χ2v) is 5.63. The molecule has 0 aliphatic heterocycles. The Balaban J connectivity index is 2.32. The van der Waals surface area contributed by atoms with Crippen molar-refractivity contribution in [2.75, 3.05) is 0 Å². The normalized spacial score (nSPS) is 13.4. The van der Waals surface area contributed by atoms with Gasteiger partial charge in [0.15, 0.2) is 0 Å². The minimum atomic E-state index is -4.47. The highest BCUT2D eigenvalue weighted by molar-refractivity contribution is 5.31. The summed E-state index contributed by atoms with van der Waals surface area (Å²) in [5.74, 6) is -0.468. The largest absolute Gasteiger partial charge is 0.408 e. The standard InChI is InChI=1S/C16H19F4N3/c1-9-5-6-13(17)7-12(9)8-21-15(16(18,19)20)14-10(2)22-23(4)11(14)3/h5-7,15,21H,8H2,1-4H3/t15-/m1/s1. The minimum Gasteiger partial charge on any atom is -0.298 e. The number of aromatic nitrogens is 2. The zero-order valence-corrected chi connectivity index (χ0v) is 13.4. The fraction of sp³-hybridized carbons (Fsp3) is 0.438. The number of aryl methyl sites for hydroxylation is 3. The highest BCUT2D eigenvalue weighted by Crippen LogP contribution is 2.36. The maximum atomic E-state index is 13.5. The SMILES string of the molecule is Cc1ccc(F)cc1CN[C@H](c1c(C)nn(C)c1C)C(F)(F)F. The molecule has 2 rings (SSSR count). The Kier molecular flexibility index (Phi) is 4.79. The van der Waals surface area contributed by atoms with Crippen LogP contribution in [0.2, 0.25) is 0 Å². The van der Waals surface area contributed by atoms with Crippen molar-refractivity contribution in [3.63, 3.8) is 0 Å². The third-order valence-corrected chi connectivity index (χ3v) is 3.99. The lowest BCUT2D eigenvalue weighted by Crippen LogP contribution is -2.34. The van der Waals surface area contributed by atoms with Gasteiger partial charge in [-0.15, -0.1) is 0 Å². The molecule has 0 unspecified atom stereocenters. The van der Waals surface area contributed by atoms with E-state index in [1.54, 1.807) is 33.9 Å². The van der Waals surface area contributed by atoms with Crippen LogP contribution in [-0.4, -0.2) is 16.0 Å². The number of alkyl halides is 3. The molecular weight excluding hydrogens is 310 g/mol. The molecule has 1 atom stereocenters. The third kappa shape index (κ3) is 3.72. The summed E-state index contributed by atoms with van der Waals surface area (Å²) in [6, 6.07) is 2.24. The van der Waals surface area contributed by atoms with Crippen molar-refractivity contribution in [1.29, 1.82) is 0 Å². The van der Waals surface area contributed by atoms with Crippen LogP contribution in [0.4, 0.5) is 17.6 Å². The molecule has 7 heteroatoms. The molecule has 0 bridgehead atoms. The molecule has 1 heterocycles. The number of halogens is 4. The van der Waals surface area contributed by atoms with E-state index in [0.29, 0.717) is 17.0 Å². The van der Waals surface area contributed by atoms with Crippen LogP contribution in [0.25, 0.3) is 0 Å². The Hall–Kier alpha value is -1.89. The summed E-state index contributed by atoms with van der Waals surface area (Å²) in [5, 5.41) is 6.56. The average molecular weight is 329 g/mol. The van der Waals surface area contributed by atoms with E-state index < -0.39 is 18.0 Å². The highest BCUT2D eigenvalue weighted by atomic mass is 19.4. The van der Waals surface area contributed by atoms with Crippen LogP contribution in [-0.2, 0) is 13.6 Å². The van der Waals surface area contributed by atoms with Gasteiger partial charge < -0.3 is 0 Å². The van der Waals surface area contributed by atoms with Crippen LogP contribution >= 0.6 is 0 Å². The minimum absolute atomic E-state index is 0.0818. The van der Waals surface area contributed by atoms with E-state index in [4.69, 9.17) is 0 Å². The molecule has 0 aliphatic rings. The fourth-order valence-corrected chi connectivity index (χ4v) is 2.63. The first-order valence-corrected chi connectivity index (χ1v) is 7.16. The van der Waals surface area contributed by atoms with Gasteiger partial charge in [-0.25, -0.2) is 4.39 Å². The van der Waals surface area contributed by atoms with Gasteiger partial charge in [0.05, 0.1) is 5.69 Å². The first-order chi connectivity index (χ1) is 10.6. The predicted octanol–water partition coefficient (Wildman–Crippen LogP) is 3.88. The smallest absolute Gasteiger partial charge is 0.298 e. The molecule has 126 valence electrons. The molecule has 2 aromatic rings. The summed E-state index contributed by atoms with van der Waals surface area (Å²) < 4.78 is 55.2. The lowest BCUT2D eigenvalue weighted by atomic mass is 10.0. The molecule has 1 aromatic heterocycles. The Morgan fingerprint density at radius 2 is 1.87 bits per heavy atom. The van der Waals surface area contributed by atoms with Crippen molar-refractivity contribution in [2.24, 2.45) is 7.05 Å². The first-order valence-electron chi connectivity index (χ1n) is 7.16. The summed E-state index contributed by atoms with van der Waals surface area (Å²) in [7, 11) is 1.61. The van der Waals surface area contributed by atoms with Crippen LogP contribution in [0.15, 0.2) is 18.2 Å². The summed E-state index contributed by atoms with van der Waals surface area (Å²) >= 11 is 0. The number of benzene rings is 1. The topological polar surface area (TPSA) is 29.9 Å². The van der Waals surface area contributed by atoms with Crippen LogP contribution in [0.3, 0.4) is 0 Å². The second-order valence-electron chi connectivity index (χ2n) is 5.63. The van der Waals surface area contributed by atoms with Crippen molar-refractivity contribution in [3.05, 3.63) is 52.1 Å². The molecule has 0 radical (unpaired) electrons. The maximum absolute atomic E-state index is 13.5. The summed E-state index contributed by atoms with van der Waals surface area (Å²) in [6.07, 6.45) is -4.47. The third-order valence-electron chi connectivity index (χ3n) is 3.99. The monoisotopic (exact) mass is 329 g/mol. The molecule has 3 nitrogen and oxygen atoms in total. The van der Waals surface area contributed by atoms with Gasteiger partial charge in [-0.3, -0.25) is 10.00 Å². The van der Waals surface area contributed by atoms with Crippen molar-refractivity contribution in [2.45, 2.75) is 39.5 Å². The molecule has 0 spiro atoms. The Bertz CT molecular complexity index is 704. The number of nitrogens with one attached hydrogen (secondary N) is 1. The Morgan fingerprint density at radius 3 is 2.39 bits per heavy atom. The number of hydrogen-bond donors (Lipinski definition) is 1. The highest BCUT2D eigenvalue weighted by Gasteiger charge is 2.43. The lowest BCUT2D eigenvalue weighted by molar-refractivity contribution is -0.158. The van der Waals surface area contributed by atoms with E-state index in [2.05, 4.69) is 10.4 Å². The van der Waals surface area contributed by atoms with Gasteiger partial charge in [0.1, 0.15) is 11.9 Å². The fourth-order valence-electron chi connectivity index (χ4n) is 2.63. The van der Waals surface area contributed by atoms with Crippen molar-refractivity contribution in [1.82, 2.24) is 15.1 Å². The molecule has 0 saturated carbocycles. The van der Waals surface area contributed by atoms with Gasteiger partial charge in [-0.1, -0.05) is 6.07 Å². The van der Waals surface area contributed by atoms with Gasteiger partial charge in [0, 0.05) is 24.8 Å². The zero-order chi connectivity index (χ0) is 17.4. The molecular formula is C16H19F4N3. The van der Waals surface area contributed by atoms with E-state index in [9.17, 15) is 17.6 Å². The summed E-state index contributed by atoms with van der Waals surface area (Å²) in [4.78, 5) is 0. The van der Waals surface area contributed by atoms with Crippen LogP contribution < -0.4 is 5.32 Å². The first kappa shape index (κ1) is 17.5. The number of rotatable bonds is 4. The molecule has 0 amide bonds. The lowest BCUT2D eigenvalue weighted by Gasteiger charge is -2.23. The van der Waals surface area contributed by atoms with Crippen molar-refractivity contribution < 1.29 is 17.6 Å². The second kappa shape index (κ2) is 6.31. The summed E-state index contributed by atoms with van der Waals surface area (Å²) in [6.45, 7) is 4.81. The van der Waals surface area contributed by atoms with Gasteiger partial charge >= 0.3 is 6.18 Å². The van der Waals surface area contributed by atoms with Crippen LogP contribution in [0.1, 0.15) is 34.1 Å². The van der Waals surface area contributed by atoms with Gasteiger partial charge in [0.2, 0.25) is 0 Å². The molecule has 0 aliphatic carbocycles. The zero-order valence-electron chi connectivity index (χ0n) is 13.4. The van der Waals surface area contributed by atoms with E-state index in [1.165, 1.54) is 16.8 Å². The molecule has 0 saturated heterocycles. The molecule has 1 N–H and O–H groups in total. The number of hydrogen-bond acceptors (Lipinski definition) is 2. The van der Waals surface area contributed by atoms with E-state index in [1.807, 2.05) is 0 Å². The Morgan fingerprint density at radius 1 is 1.22 bits per heavy atom. The average Bonchev–Trinajstić information content (AvgIpc) is 2.67.